The van der Waals surface area contributed by atoms with Crippen LogP contribution in [0.15, 0.2) is 66.7 Å². The molecule has 1 saturated carbocycles. The fourth-order valence-electron chi connectivity index (χ4n) is 8.22. The molecule has 0 amide bonds. The highest BCUT2D eigenvalue weighted by Gasteiger charge is 2.67. The Hall–Kier alpha value is -3.60. The first-order valence-electron chi connectivity index (χ1n) is 13.4. The number of nitrogens with zero attached hydrogens (tertiary/aromatic N) is 2. The summed E-state index contributed by atoms with van der Waals surface area (Å²) in [4.78, 5) is 1.76. The van der Waals surface area contributed by atoms with Crippen LogP contribution in [0.4, 0.5) is 20.2 Å². The summed E-state index contributed by atoms with van der Waals surface area (Å²) in [7, 11) is 0. The first kappa shape index (κ1) is 20.5. The van der Waals surface area contributed by atoms with Crippen LogP contribution in [0.5, 0.6) is 0 Å². The Labute approximate surface area is 214 Å². The standard InChI is InChI=1S/C32H25BF2N2/c1-18-11-12-25-20(15-18)21-16-19(2)17-24-29(21)36(25)26-9-6-10-27-28(26)33(24)23-8-5-7-22-30(23)37(27)32(35)14-4-3-13-31(22,32)34/h5-12,15-17H,3-4,13-14H2,1-2H3. The van der Waals surface area contributed by atoms with Crippen LogP contribution >= 0.6 is 0 Å². The third-order valence-electron chi connectivity index (χ3n) is 9.60. The molecule has 1 aromatic heterocycles. The summed E-state index contributed by atoms with van der Waals surface area (Å²) in [5, 5.41) is 2.49. The van der Waals surface area contributed by atoms with Crippen molar-refractivity contribution in [3.63, 3.8) is 0 Å². The van der Waals surface area contributed by atoms with Gasteiger partial charge in [0, 0.05) is 45.3 Å². The maximum absolute atomic E-state index is 17.2. The van der Waals surface area contributed by atoms with Gasteiger partial charge in [-0.25, -0.2) is 8.78 Å². The zero-order chi connectivity index (χ0) is 24.8. The zero-order valence-corrected chi connectivity index (χ0v) is 20.9. The molecule has 3 aliphatic heterocycles. The van der Waals surface area contributed by atoms with Crippen molar-refractivity contribution in [1.82, 2.24) is 4.57 Å². The lowest BCUT2D eigenvalue weighted by atomic mass is 9.33. The largest absolute Gasteiger partial charge is 0.310 e. The van der Waals surface area contributed by atoms with E-state index in [1.54, 1.807) is 4.90 Å². The fourth-order valence-corrected chi connectivity index (χ4v) is 8.22. The van der Waals surface area contributed by atoms with Gasteiger partial charge in [-0.1, -0.05) is 47.5 Å². The summed E-state index contributed by atoms with van der Waals surface area (Å²) in [6.07, 6.45) is 1.85. The Morgan fingerprint density at radius 1 is 0.784 bits per heavy atom. The topological polar surface area (TPSA) is 8.17 Å². The second kappa shape index (κ2) is 6.27. The number of anilines is 2. The van der Waals surface area contributed by atoms with Crippen molar-refractivity contribution in [2.24, 2.45) is 0 Å². The second-order valence-electron chi connectivity index (χ2n) is 11.6. The van der Waals surface area contributed by atoms with Crippen molar-refractivity contribution in [2.45, 2.75) is 51.0 Å². The average molecular weight is 486 g/mol. The minimum atomic E-state index is -2.07. The van der Waals surface area contributed by atoms with Gasteiger partial charge in [0.1, 0.15) is 0 Å². The molecule has 0 spiro atoms. The lowest BCUT2D eigenvalue weighted by molar-refractivity contribution is -0.0615. The normalized spacial score (nSPS) is 24.4. The first-order chi connectivity index (χ1) is 17.9. The number of aromatic nitrogens is 1. The molecule has 4 aliphatic rings. The molecule has 4 heterocycles. The summed E-state index contributed by atoms with van der Waals surface area (Å²) in [6, 6.07) is 23.3. The van der Waals surface area contributed by atoms with Gasteiger partial charge in [0.25, 0.3) is 6.71 Å². The van der Waals surface area contributed by atoms with E-state index >= 15 is 8.78 Å². The van der Waals surface area contributed by atoms with E-state index < -0.39 is 11.5 Å². The number of halogens is 2. The Balaban J connectivity index is 1.49. The van der Waals surface area contributed by atoms with Gasteiger partial charge in [-0.05, 0) is 79.8 Å². The monoisotopic (exact) mass is 486 g/mol. The molecule has 1 aliphatic carbocycles. The molecular formula is C32H25BF2N2. The Morgan fingerprint density at radius 3 is 2.46 bits per heavy atom. The van der Waals surface area contributed by atoms with Crippen LogP contribution in [-0.4, -0.2) is 17.1 Å². The summed E-state index contributed by atoms with van der Waals surface area (Å²) in [5.74, 6) is -2.07. The van der Waals surface area contributed by atoms with Crippen molar-refractivity contribution in [3.8, 4) is 5.69 Å². The highest BCUT2D eigenvalue weighted by molar-refractivity contribution is 7.00. The third kappa shape index (κ3) is 2.10. The van der Waals surface area contributed by atoms with Crippen LogP contribution in [0, 0.1) is 13.8 Å². The molecule has 0 bridgehead atoms. The van der Waals surface area contributed by atoms with Crippen LogP contribution in [0.25, 0.3) is 27.5 Å². The Morgan fingerprint density at radius 2 is 1.57 bits per heavy atom. The number of aryl methyl sites for hydroxylation is 2. The van der Waals surface area contributed by atoms with Crippen LogP contribution in [0.2, 0.25) is 0 Å². The minimum absolute atomic E-state index is 0.0648. The molecule has 180 valence electrons. The Kier molecular flexibility index (Phi) is 3.47. The van der Waals surface area contributed by atoms with Gasteiger partial charge < -0.3 is 9.47 Å². The molecule has 0 saturated heterocycles. The van der Waals surface area contributed by atoms with E-state index in [4.69, 9.17) is 0 Å². The van der Waals surface area contributed by atoms with Crippen molar-refractivity contribution in [2.75, 3.05) is 4.90 Å². The Bertz CT molecular complexity index is 1870. The number of benzene rings is 4. The molecular weight excluding hydrogens is 461 g/mol. The second-order valence-corrected chi connectivity index (χ2v) is 11.6. The maximum Gasteiger partial charge on any atom is 0.252 e. The van der Waals surface area contributed by atoms with Crippen molar-refractivity contribution in [1.29, 1.82) is 0 Å². The molecule has 2 nitrogen and oxygen atoms in total. The van der Waals surface area contributed by atoms with Crippen LogP contribution in [0.3, 0.4) is 0 Å². The fraction of sp³-hybridized carbons (Fsp3) is 0.250. The predicted octanol–water partition coefficient (Wildman–Crippen LogP) is 6.10. The van der Waals surface area contributed by atoms with E-state index in [0.717, 1.165) is 33.5 Å². The molecule has 1 fully saturated rings. The van der Waals surface area contributed by atoms with Crippen molar-refractivity contribution < 1.29 is 8.78 Å². The van der Waals surface area contributed by atoms with Gasteiger partial charge in [0.15, 0.2) is 5.67 Å². The average Bonchev–Trinajstić information content (AvgIpc) is 3.32. The summed E-state index contributed by atoms with van der Waals surface area (Å²) < 4.78 is 36.6. The smallest absolute Gasteiger partial charge is 0.252 e. The van der Waals surface area contributed by atoms with Crippen LogP contribution < -0.4 is 21.3 Å². The number of hydrogen-bond acceptors (Lipinski definition) is 1. The highest BCUT2D eigenvalue weighted by Crippen LogP contribution is 2.62. The lowest BCUT2D eigenvalue weighted by Crippen LogP contribution is -2.63. The SMILES string of the molecule is Cc1ccc2c(c1)c1cc(C)cc3c1n2-c1cccc2c1B3c1cccc3c1N2C1(F)CCCCC31F. The number of fused-ring (bicyclic) bond motifs is 10. The molecule has 2 unspecified atom stereocenters. The van der Waals surface area contributed by atoms with Gasteiger partial charge in [0.2, 0.25) is 5.79 Å². The summed E-state index contributed by atoms with van der Waals surface area (Å²) in [6.45, 7) is 4.23. The van der Waals surface area contributed by atoms with Gasteiger partial charge in [-0.3, -0.25) is 0 Å². The molecule has 9 rings (SSSR count). The van der Waals surface area contributed by atoms with E-state index in [2.05, 4.69) is 60.9 Å². The molecule has 5 aromatic rings. The summed E-state index contributed by atoms with van der Waals surface area (Å²) >= 11 is 0. The minimum Gasteiger partial charge on any atom is -0.310 e. The molecule has 4 aromatic carbocycles. The van der Waals surface area contributed by atoms with Gasteiger partial charge >= 0.3 is 0 Å². The summed E-state index contributed by atoms with van der Waals surface area (Å²) in [5.41, 5.74) is 9.37. The number of alkyl halides is 2. The lowest BCUT2D eigenvalue weighted by Gasteiger charge is -2.46. The molecule has 2 atom stereocenters. The van der Waals surface area contributed by atoms with E-state index in [-0.39, 0.29) is 19.6 Å². The van der Waals surface area contributed by atoms with E-state index in [0.29, 0.717) is 18.4 Å². The van der Waals surface area contributed by atoms with Crippen LogP contribution in [-0.2, 0) is 5.67 Å². The van der Waals surface area contributed by atoms with Gasteiger partial charge in [-0.2, -0.15) is 0 Å². The third-order valence-corrected chi connectivity index (χ3v) is 9.60. The molecule has 5 heteroatoms. The van der Waals surface area contributed by atoms with E-state index in [9.17, 15) is 0 Å². The van der Waals surface area contributed by atoms with E-state index in [1.807, 2.05) is 24.3 Å². The first-order valence-corrected chi connectivity index (χ1v) is 13.4. The van der Waals surface area contributed by atoms with Gasteiger partial charge in [0.05, 0.1) is 5.52 Å². The van der Waals surface area contributed by atoms with Crippen molar-refractivity contribution in [3.05, 3.63) is 83.4 Å². The van der Waals surface area contributed by atoms with Gasteiger partial charge in [-0.15, -0.1) is 0 Å². The molecule has 37 heavy (non-hydrogen) atoms. The maximum atomic E-state index is 17.2. The number of para-hydroxylation sites is 1. The molecule has 0 radical (unpaired) electrons. The highest BCUT2D eigenvalue weighted by atomic mass is 19.2. The quantitative estimate of drug-likeness (QED) is 0.186. The predicted molar refractivity (Wildman–Crippen MR) is 149 cm³/mol. The number of rotatable bonds is 0. The van der Waals surface area contributed by atoms with Crippen molar-refractivity contribution >= 4 is 56.3 Å². The number of hydrogen-bond donors (Lipinski definition) is 0. The van der Waals surface area contributed by atoms with Crippen LogP contribution in [0.1, 0.15) is 42.4 Å². The molecule has 0 N–H and O–H groups in total. The van der Waals surface area contributed by atoms with E-state index in [1.165, 1.54) is 32.9 Å². The zero-order valence-electron chi connectivity index (χ0n) is 20.9.